The molecular formula is C13H21NSi. The zero-order valence-corrected chi connectivity index (χ0v) is 11.2. The van der Waals surface area contributed by atoms with E-state index in [0.717, 1.165) is 13.1 Å². The second-order valence-electron chi connectivity index (χ2n) is 3.77. The van der Waals surface area contributed by atoms with E-state index in [-0.39, 0.29) is 0 Å². The van der Waals surface area contributed by atoms with Crippen molar-refractivity contribution in [2.75, 3.05) is 13.1 Å². The van der Waals surface area contributed by atoms with Crippen molar-refractivity contribution in [2.24, 2.45) is 0 Å². The highest BCUT2D eigenvalue weighted by Gasteiger charge is 2.13. The van der Waals surface area contributed by atoms with Crippen LogP contribution < -0.4 is 5.19 Å². The van der Waals surface area contributed by atoms with Gasteiger partial charge in [-0.25, -0.2) is 0 Å². The van der Waals surface area contributed by atoms with Crippen molar-refractivity contribution in [1.82, 2.24) is 4.57 Å². The van der Waals surface area contributed by atoms with E-state index >= 15 is 0 Å². The van der Waals surface area contributed by atoms with E-state index in [1.54, 1.807) is 0 Å². The van der Waals surface area contributed by atoms with Gasteiger partial charge in [-0.3, -0.25) is 0 Å². The van der Waals surface area contributed by atoms with E-state index in [9.17, 15) is 0 Å². The maximum atomic E-state index is 3.82. The third kappa shape index (κ3) is 3.04. The molecule has 1 atom stereocenters. The van der Waals surface area contributed by atoms with Crippen LogP contribution in [0.5, 0.6) is 0 Å². The fourth-order valence-corrected chi connectivity index (χ4v) is 4.27. The second-order valence-corrected chi connectivity index (χ2v) is 6.52. The lowest BCUT2D eigenvalue weighted by atomic mass is 10.2. The molecule has 0 radical (unpaired) electrons. The van der Waals surface area contributed by atoms with Crippen LogP contribution in [0.25, 0.3) is 6.08 Å². The van der Waals surface area contributed by atoms with Crippen molar-refractivity contribution in [3.63, 3.8) is 0 Å². The molecule has 15 heavy (non-hydrogen) atoms. The summed E-state index contributed by atoms with van der Waals surface area (Å²) < 4.78 is 2.59. The summed E-state index contributed by atoms with van der Waals surface area (Å²) in [6.07, 6.45) is 1.92. The first-order chi connectivity index (χ1) is 7.22. The van der Waals surface area contributed by atoms with Gasteiger partial charge in [0.25, 0.3) is 0 Å². The Balaban J connectivity index is 2.89. The summed E-state index contributed by atoms with van der Waals surface area (Å²) in [6, 6.07) is 8.78. The average molecular weight is 219 g/mol. The molecule has 1 aromatic carbocycles. The van der Waals surface area contributed by atoms with Crippen LogP contribution in [0.2, 0.25) is 6.55 Å². The summed E-state index contributed by atoms with van der Waals surface area (Å²) in [5.74, 6) is 0. The van der Waals surface area contributed by atoms with Gasteiger partial charge < -0.3 is 4.57 Å². The van der Waals surface area contributed by atoms with E-state index in [1.165, 1.54) is 10.8 Å². The van der Waals surface area contributed by atoms with Gasteiger partial charge in [0.15, 0.2) is 0 Å². The minimum Gasteiger partial charge on any atom is -0.323 e. The van der Waals surface area contributed by atoms with Gasteiger partial charge in [-0.15, -0.1) is 0 Å². The van der Waals surface area contributed by atoms with E-state index in [0.29, 0.717) is 0 Å². The Labute approximate surface area is 95.1 Å². The zero-order chi connectivity index (χ0) is 11.3. The molecule has 0 spiro atoms. The SMILES string of the molecule is C=Cc1cccc([SiH](C)N(CC)CC)c1. The first kappa shape index (κ1) is 12.2. The molecule has 1 unspecified atom stereocenters. The van der Waals surface area contributed by atoms with Crippen LogP contribution in [0.15, 0.2) is 30.8 Å². The van der Waals surface area contributed by atoms with Gasteiger partial charge in [0.1, 0.15) is 8.96 Å². The van der Waals surface area contributed by atoms with Crippen LogP contribution in [0.1, 0.15) is 19.4 Å². The van der Waals surface area contributed by atoms with Crippen LogP contribution in [-0.2, 0) is 0 Å². The number of rotatable bonds is 5. The van der Waals surface area contributed by atoms with Crippen LogP contribution in [0.3, 0.4) is 0 Å². The Morgan fingerprint density at radius 2 is 2.00 bits per heavy atom. The lowest BCUT2D eigenvalue weighted by Gasteiger charge is -2.25. The topological polar surface area (TPSA) is 3.24 Å². The molecular weight excluding hydrogens is 198 g/mol. The monoisotopic (exact) mass is 219 g/mol. The predicted octanol–water partition coefficient (Wildman–Crippen LogP) is 2.23. The highest BCUT2D eigenvalue weighted by atomic mass is 28.3. The third-order valence-electron chi connectivity index (χ3n) is 2.99. The van der Waals surface area contributed by atoms with E-state index in [4.69, 9.17) is 0 Å². The lowest BCUT2D eigenvalue weighted by molar-refractivity contribution is 0.487. The summed E-state index contributed by atoms with van der Waals surface area (Å²) in [7, 11) is -0.932. The van der Waals surface area contributed by atoms with Gasteiger partial charge in [0.2, 0.25) is 0 Å². The number of hydrogen-bond acceptors (Lipinski definition) is 1. The maximum absolute atomic E-state index is 3.82. The van der Waals surface area contributed by atoms with Crippen molar-refractivity contribution >= 4 is 20.2 Å². The number of benzene rings is 1. The minimum atomic E-state index is -0.932. The smallest absolute Gasteiger partial charge is 0.140 e. The summed E-state index contributed by atoms with van der Waals surface area (Å²) in [6.45, 7) is 13.0. The molecule has 0 saturated heterocycles. The molecule has 0 saturated carbocycles. The molecule has 0 N–H and O–H groups in total. The molecule has 0 aliphatic heterocycles. The van der Waals surface area contributed by atoms with E-state index in [2.05, 4.69) is 55.8 Å². The summed E-state index contributed by atoms with van der Waals surface area (Å²) in [5.41, 5.74) is 1.24. The van der Waals surface area contributed by atoms with E-state index < -0.39 is 8.96 Å². The Morgan fingerprint density at radius 3 is 2.53 bits per heavy atom. The first-order valence-corrected chi connectivity index (χ1v) is 7.94. The molecule has 1 nitrogen and oxygen atoms in total. The molecule has 0 aliphatic carbocycles. The van der Waals surface area contributed by atoms with Crippen LogP contribution in [0, 0.1) is 0 Å². The number of hydrogen-bond donors (Lipinski definition) is 0. The standard InChI is InChI=1S/C13H21NSi/c1-5-12-9-8-10-13(11-12)15(4)14(6-2)7-3/h5,8-11,15H,1,6-7H2,2-4H3. The van der Waals surface area contributed by atoms with Gasteiger partial charge in [-0.05, 0) is 23.8 Å². The average Bonchev–Trinajstić information content (AvgIpc) is 2.30. The molecule has 0 aromatic heterocycles. The van der Waals surface area contributed by atoms with Gasteiger partial charge in [-0.1, -0.05) is 57.3 Å². The van der Waals surface area contributed by atoms with E-state index in [1.807, 2.05) is 6.08 Å². The Hall–Kier alpha value is -0.863. The Bertz CT molecular complexity index is 318. The Kier molecular flexibility index (Phi) is 4.79. The van der Waals surface area contributed by atoms with Gasteiger partial charge in [0, 0.05) is 0 Å². The molecule has 0 aliphatic rings. The minimum absolute atomic E-state index is 0.932. The van der Waals surface area contributed by atoms with Crippen molar-refractivity contribution in [3.05, 3.63) is 36.4 Å². The molecule has 82 valence electrons. The summed E-state index contributed by atoms with van der Waals surface area (Å²) >= 11 is 0. The highest BCUT2D eigenvalue weighted by Crippen LogP contribution is 2.01. The predicted molar refractivity (Wildman–Crippen MR) is 72.1 cm³/mol. The molecule has 1 aromatic rings. The largest absolute Gasteiger partial charge is 0.323 e. The van der Waals surface area contributed by atoms with Gasteiger partial charge >= 0.3 is 0 Å². The zero-order valence-electron chi connectivity index (χ0n) is 10.0. The Morgan fingerprint density at radius 1 is 1.33 bits per heavy atom. The molecule has 0 heterocycles. The quantitative estimate of drug-likeness (QED) is 0.687. The third-order valence-corrected chi connectivity index (χ3v) is 6.14. The van der Waals surface area contributed by atoms with Crippen LogP contribution >= 0.6 is 0 Å². The second kappa shape index (κ2) is 5.88. The lowest BCUT2D eigenvalue weighted by Crippen LogP contribution is -2.45. The summed E-state index contributed by atoms with van der Waals surface area (Å²) in [4.78, 5) is 0. The summed E-state index contributed by atoms with van der Waals surface area (Å²) in [5, 5.41) is 1.51. The first-order valence-electron chi connectivity index (χ1n) is 5.69. The fourth-order valence-electron chi connectivity index (χ4n) is 1.93. The van der Waals surface area contributed by atoms with Crippen LogP contribution in [-0.4, -0.2) is 26.6 Å². The molecule has 0 fully saturated rings. The normalized spacial score (nSPS) is 12.8. The van der Waals surface area contributed by atoms with Gasteiger partial charge in [-0.2, -0.15) is 0 Å². The van der Waals surface area contributed by atoms with Crippen molar-refractivity contribution < 1.29 is 0 Å². The maximum Gasteiger partial charge on any atom is 0.140 e. The van der Waals surface area contributed by atoms with Crippen molar-refractivity contribution in [1.29, 1.82) is 0 Å². The fraction of sp³-hybridized carbons (Fsp3) is 0.385. The molecule has 2 heteroatoms. The molecule has 0 amide bonds. The molecule has 0 bridgehead atoms. The van der Waals surface area contributed by atoms with Crippen LogP contribution in [0.4, 0.5) is 0 Å². The van der Waals surface area contributed by atoms with Gasteiger partial charge in [0.05, 0.1) is 0 Å². The van der Waals surface area contributed by atoms with Crippen molar-refractivity contribution in [3.8, 4) is 0 Å². The number of nitrogens with zero attached hydrogens (tertiary/aromatic N) is 1. The van der Waals surface area contributed by atoms with Crippen molar-refractivity contribution in [2.45, 2.75) is 20.4 Å². The molecule has 1 rings (SSSR count). The highest BCUT2D eigenvalue weighted by molar-refractivity contribution is 6.69.